The molecule has 0 aromatic heterocycles. The third-order valence-corrected chi connectivity index (χ3v) is 6.76. The normalized spacial score (nSPS) is 22.5. The van der Waals surface area contributed by atoms with E-state index in [1.807, 2.05) is 12.1 Å². The van der Waals surface area contributed by atoms with E-state index in [-0.39, 0.29) is 49.3 Å². The van der Waals surface area contributed by atoms with E-state index in [1.165, 1.54) is 16.1 Å². The minimum absolute atomic E-state index is 0.0335. The third kappa shape index (κ3) is 3.37. The summed E-state index contributed by atoms with van der Waals surface area (Å²) in [7, 11) is 2.11. The van der Waals surface area contributed by atoms with E-state index in [0.29, 0.717) is 17.7 Å². The van der Waals surface area contributed by atoms with Crippen molar-refractivity contribution >= 4 is 17.7 Å². The molecule has 2 aromatic rings. The molecule has 2 heterocycles. The molecule has 0 radical (unpaired) electrons. The van der Waals surface area contributed by atoms with Gasteiger partial charge in [-0.25, -0.2) is 5.01 Å². The summed E-state index contributed by atoms with van der Waals surface area (Å²) >= 11 is 0. The van der Waals surface area contributed by atoms with Crippen LogP contribution in [0.2, 0.25) is 0 Å². The Hall–Kier alpha value is -3.19. The number of benzene rings is 2. The number of fused-ring (bicyclic) bond motifs is 2. The van der Waals surface area contributed by atoms with Crippen LogP contribution < -0.4 is 4.74 Å². The van der Waals surface area contributed by atoms with E-state index in [4.69, 9.17) is 4.74 Å². The highest BCUT2D eigenvalue weighted by Gasteiger charge is 2.40. The van der Waals surface area contributed by atoms with Gasteiger partial charge in [0, 0.05) is 24.8 Å². The van der Waals surface area contributed by atoms with Gasteiger partial charge in [0.05, 0.1) is 12.6 Å². The quantitative estimate of drug-likeness (QED) is 0.678. The maximum atomic E-state index is 12.9. The molecule has 7 heteroatoms. The molecule has 3 aliphatic rings. The number of piperidine rings is 1. The number of amides is 3. The molecule has 2 aromatic carbocycles. The summed E-state index contributed by atoms with van der Waals surface area (Å²) in [6.45, 7) is 3.24. The lowest BCUT2D eigenvalue weighted by atomic mass is 10.1. The Morgan fingerprint density at radius 3 is 2.53 bits per heavy atom. The first-order valence-electron chi connectivity index (χ1n) is 11.2. The van der Waals surface area contributed by atoms with Crippen LogP contribution in [0.1, 0.15) is 59.3 Å². The summed E-state index contributed by atoms with van der Waals surface area (Å²) in [6, 6.07) is 14.0. The van der Waals surface area contributed by atoms with Gasteiger partial charge >= 0.3 is 0 Å². The Kier molecular flexibility index (Phi) is 5.21. The van der Waals surface area contributed by atoms with Crippen molar-refractivity contribution in [3.05, 3.63) is 64.7 Å². The molecule has 0 saturated carbocycles. The molecule has 7 nitrogen and oxygen atoms in total. The summed E-state index contributed by atoms with van der Waals surface area (Å²) < 4.78 is 6.46. The summed E-state index contributed by atoms with van der Waals surface area (Å²) in [4.78, 5) is 39.8. The van der Waals surface area contributed by atoms with E-state index in [9.17, 15) is 14.4 Å². The fourth-order valence-corrected chi connectivity index (χ4v) is 5.06. The van der Waals surface area contributed by atoms with E-state index in [2.05, 4.69) is 43.1 Å². The second kappa shape index (κ2) is 8.06. The number of carbonyl (C=O) groups excluding carboxylic acids is 3. The van der Waals surface area contributed by atoms with Crippen LogP contribution in [0.3, 0.4) is 0 Å². The van der Waals surface area contributed by atoms with Crippen LogP contribution in [-0.4, -0.2) is 52.3 Å². The first kappa shape index (κ1) is 20.7. The van der Waals surface area contributed by atoms with E-state index in [1.54, 1.807) is 6.07 Å². The smallest absolute Gasteiger partial charge is 0.273 e. The molecule has 0 N–H and O–H groups in total. The molecular weight excluding hydrogens is 406 g/mol. The second-order valence-corrected chi connectivity index (χ2v) is 8.71. The zero-order chi connectivity index (χ0) is 22.4. The molecule has 166 valence electrons. The monoisotopic (exact) mass is 433 g/mol. The molecule has 2 aliphatic heterocycles. The average molecular weight is 434 g/mol. The fourth-order valence-electron chi connectivity index (χ4n) is 5.06. The number of nitrogens with zero attached hydrogens (tertiary/aromatic N) is 3. The van der Waals surface area contributed by atoms with Crippen molar-refractivity contribution in [1.29, 1.82) is 0 Å². The number of carbonyl (C=O) groups is 3. The largest absolute Gasteiger partial charge is 0.488 e. The minimum atomic E-state index is -0.313. The van der Waals surface area contributed by atoms with Crippen molar-refractivity contribution in [2.45, 2.75) is 51.3 Å². The maximum absolute atomic E-state index is 12.9. The van der Waals surface area contributed by atoms with Gasteiger partial charge in [-0.1, -0.05) is 31.2 Å². The highest BCUT2D eigenvalue weighted by Crippen LogP contribution is 2.38. The van der Waals surface area contributed by atoms with Crippen molar-refractivity contribution in [1.82, 2.24) is 14.9 Å². The van der Waals surface area contributed by atoms with Gasteiger partial charge in [-0.15, -0.1) is 0 Å². The van der Waals surface area contributed by atoms with Gasteiger partial charge in [0.1, 0.15) is 11.9 Å². The highest BCUT2D eigenvalue weighted by atomic mass is 16.5. The Bertz CT molecular complexity index is 1080. The van der Waals surface area contributed by atoms with Crippen LogP contribution in [0.5, 0.6) is 5.75 Å². The molecule has 1 fully saturated rings. The molecule has 1 saturated heterocycles. The van der Waals surface area contributed by atoms with Gasteiger partial charge in [0.15, 0.2) is 0 Å². The molecule has 0 spiro atoms. The molecule has 2 atom stereocenters. The van der Waals surface area contributed by atoms with Crippen molar-refractivity contribution < 1.29 is 19.1 Å². The lowest BCUT2D eigenvalue weighted by Gasteiger charge is -2.32. The van der Waals surface area contributed by atoms with Gasteiger partial charge in [0.25, 0.3) is 5.91 Å². The number of likely N-dealkylation sites (N-methyl/N-ethyl adjacent to an activating group) is 1. The Morgan fingerprint density at radius 1 is 1.03 bits per heavy atom. The third-order valence-electron chi connectivity index (χ3n) is 6.76. The number of hydrogen-bond donors (Lipinski definition) is 0. The first-order valence-corrected chi connectivity index (χ1v) is 11.2. The number of hydrogen-bond acceptors (Lipinski definition) is 5. The molecule has 0 bridgehead atoms. The SMILES string of the molecule is CCN(C)[C@H]1c2ccccc2C[C@@H]1Oc1ccc2c(c1)CN(N1C(=O)CCCC1=O)C2=O. The minimum Gasteiger partial charge on any atom is -0.488 e. The number of hydrazine groups is 1. The van der Waals surface area contributed by atoms with E-state index < -0.39 is 0 Å². The second-order valence-electron chi connectivity index (χ2n) is 8.71. The van der Waals surface area contributed by atoms with Gasteiger partial charge in [-0.2, -0.15) is 5.01 Å². The molecule has 1 aliphatic carbocycles. The van der Waals surface area contributed by atoms with Crippen molar-refractivity contribution in [3.8, 4) is 5.75 Å². The molecule has 3 amide bonds. The van der Waals surface area contributed by atoms with E-state index in [0.717, 1.165) is 23.5 Å². The number of ether oxygens (including phenoxy) is 1. The molecule has 32 heavy (non-hydrogen) atoms. The highest BCUT2D eigenvalue weighted by molar-refractivity contribution is 6.04. The van der Waals surface area contributed by atoms with Gasteiger partial charge in [-0.05, 0) is 54.9 Å². The molecule has 0 unspecified atom stereocenters. The van der Waals surface area contributed by atoms with Crippen LogP contribution in [0.15, 0.2) is 42.5 Å². The average Bonchev–Trinajstić information content (AvgIpc) is 3.30. The number of imide groups is 1. The molecular formula is C25H27N3O4. The lowest BCUT2D eigenvalue weighted by molar-refractivity contribution is -0.163. The molecule has 5 rings (SSSR count). The predicted molar refractivity (Wildman–Crippen MR) is 118 cm³/mol. The standard InChI is InChI=1S/C25H27N3O4/c1-3-26(2)24-19-8-5-4-7-16(19)14-21(24)32-18-11-12-20-17(13-18)15-27(25(20)31)28-22(29)9-6-10-23(28)30/h4-5,7-8,11-13,21,24H,3,6,9-10,14-15H2,1-2H3/t21-,24-/m0/s1. The predicted octanol–water partition coefficient (Wildman–Crippen LogP) is 3.09. The van der Waals surface area contributed by atoms with Gasteiger partial charge in [0.2, 0.25) is 11.8 Å². The van der Waals surface area contributed by atoms with Crippen LogP contribution in [-0.2, 0) is 22.6 Å². The maximum Gasteiger partial charge on any atom is 0.273 e. The van der Waals surface area contributed by atoms with Crippen molar-refractivity contribution in [2.24, 2.45) is 0 Å². The zero-order valence-corrected chi connectivity index (χ0v) is 18.4. The summed E-state index contributed by atoms with van der Waals surface area (Å²) in [5.74, 6) is -0.241. The van der Waals surface area contributed by atoms with Crippen molar-refractivity contribution in [3.63, 3.8) is 0 Å². The Balaban J connectivity index is 1.38. The van der Waals surface area contributed by atoms with E-state index >= 15 is 0 Å². The van der Waals surface area contributed by atoms with Crippen LogP contribution in [0.25, 0.3) is 0 Å². The topological polar surface area (TPSA) is 70.2 Å². The lowest BCUT2D eigenvalue weighted by Crippen LogP contribution is -2.51. The zero-order valence-electron chi connectivity index (χ0n) is 18.4. The number of rotatable bonds is 5. The van der Waals surface area contributed by atoms with Gasteiger partial charge < -0.3 is 4.74 Å². The van der Waals surface area contributed by atoms with Crippen LogP contribution >= 0.6 is 0 Å². The van der Waals surface area contributed by atoms with Crippen LogP contribution in [0, 0.1) is 0 Å². The first-order chi connectivity index (χ1) is 15.5. The summed E-state index contributed by atoms with van der Waals surface area (Å²) in [5, 5.41) is 2.31. The summed E-state index contributed by atoms with van der Waals surface area (Å²) in [5.41, 5.74) is 3.88. The Morgan fingerprint density at radius 2 is 1.78 bits per heavy atom. The van der Waals surface area contributed by atoms with Crippen molar-refractivity contribution in [2.75, 3.05) is 13.6 Å². The fraction of sp³-hybridized carbons (Fsp3) is 0.400. The summed E-state index contributed by atoms with van der Waals surface area (Å²) in [6.07, 6.45) is 1.90. The Labute approximate surface area is 187 Å². The van der Waals surface area contributed by atoms with Gasteiger partial charge in [-0.3, -0.25) is 19.3 Å². The van der Waals surface area contributed by atoms with Crippen LogP contribution in [0.4, 0.5) is 0 Å².